The molecule has 1 aliphatic carbocycles. The van der Waals surface area contributed by atoms with Gasteiger partial charge < -0.3 is 10.3 Å². The number of rotatable bonds is 7. The van der Waals surface area contributed by atoms with E-state index < -0.39 is 23.0 Å². The summed E-state index contributed by atoms with van der Waals surface area (Å²) in [7, 11) is 0. The molecule has 178 valence electrons. The topological polar surface area (TPSA) is 105 Å². The summed E-state index contributed by atoms with van der Waals surface area (Å²) in [5.74, 6) is -0.713. The molecule has 35 heavy (non-hydrogen) atoms. The Labute approximate surface area is 204 Å². The summed E-state index contributed by atoms with van der Waals surface area (Å²) in [6.07, 6.45) is 6.47. The molecule has 1 unspecified atom stereocenters. The van der Waals surface area contributed by atoms with Crippen molar-refractivity contribution in [2.45, 2.75) is 25.0 Å². The van der Waals surface area contributed by atoms with Gasteiger partial charge in [-0.2, -0.15) is 5.10 Å². The van der Waals surface area contributed by atoms with Crippen molar-refractivity contribution in [1.29, 1.82) is 0 Å². The summed E-state index contributed by atoms with van der Waals surface area (Å²) in [6, 6.07) is 12.3. The first-order valence-electron chi connectivity index (χ1n) is 11.0. The summed E-state index contributed by atoms with van der Waals surface area (Å²) < 4.78 is 45.3. The van der Waals surface area contributed by atoms with Crippen molar-refractivity contribution in [2.24, 2.45) is 5.73 Å². The number of pyridine rings is 1. The van der Waals surface area contributed by atoms with Crippen LogP contribution in [0.3, 0.4) is 0 Å². The fourth-order valence-corrected chi connectivity index (χ4v) is 4.76. The third-order valence-corrected chi connectivity index (χ3v) is 7.11. The highest BCUT2D eigenvalue weighted by molar-refractivity contribution is 7.93. The van der Waals surface area contributed by atoms with Crippen LogP contribution in [0.4, 0.5) is 14.5 Å². The van der Waals surface area contributed by atoms with Gasteiger partial charge in [0, 0.05) is 36.2 Å². The molecule has 0 amide bonds. The van der Waals surface area contributed by atoms with Crippen LogP contribution in [-0.2, 0) is 11.4 Å². The lowest BCUT2D eigenvalue weighted by molar-refractivity contribution is 0.585. The van der Waals surface area contributed by atoms with Gasteiger partial charge >= 0.3 is 0 Å². The van der Waals surface area contributed by atoms with E-state index in [0.29, 0.717) is 33.9 Å². The van der Waals surface area contributed by atoms with Crippen molar-refractivity contribution >= 4 is 22.6 Å². The summed E-state index contributed by atoms with van der Waals surface area (Å²) in [6.45, 7) is 1.80. The first-order chi connectivity index (χ1) is 16.9. The van der Waals surface area contributed by atoms with Gasteiger partial charge in [0.1, 0.15) is 29.0 Å². The molecule has 5 rings (SSSR count). The molecule has 1 aliphatic rings. The molecule has 10 heteroatoms. The minimum atomic E-state index is -1.26. The fourth-order valence-electron chi connectivity index (χ4n) is 3.68. The Kier molecular flexibility index (Phi) is 6.23. The van der Waals surface area contributed by atoms with Gasteiger partial charge in [-0.15, -0.1) is 0 Å². The van der Waals surface area contributed by atoms with Crippen molar-refractivity contribution in [3.8, 4) is 16.8 Å². The number of anilines is 1. The number of nitrogens with two attached hydrogens (primary N) is 1. The van der Waals surface area contributed by atoms with Crippen molar-refractivity contribution in [1.82, 2.24) is 19.7 Å². The van der Waals surface area contributed by atoms with Crippen LogP contribution < -0.4 is 10.5 Å². The highest BCUT2D eigenvalue weighted by Crippen LogP contribution is 2.34. The summed E-state index contributed by atoms with van der Waals surface area (Å²) in [5, 5.41) is 4.38. The molecule has 2 aromatic heterocycles. The molecule has 3 N–H and O–H groups in total. The van der Waals surface area contributed by atoms with Crippen LogP contribution in [0, 0.1) is 18.6 Å². The number of hydrogen-bond acceptors (Lipinski definition) is 6. The zero-order valence-corrected chi connectivity index (χ0v) is 19.6. The largest absolute Gasteiger partial charge is 0.593 e. The Bertz CT molecular complexity index is 1400. The average molecular weight is 493 g/mol. The maximum Gasteiger partial charge on any atom is 0.147 e. The van der Waals surface area contributed by atoms with Gasteiger partial charge in [0.2, 0.25) is 0 Å². The van der Waals surface area contributed by atoms with Gasteiger partial charge in [-0.3, -0.25) is 4.98 Å². The van der Waals surface area contributed by atoms with E-state index in [1.165, 1.54) is 18.3 Å². The van der Waals surface area contributed by atoms with E-state index in [0.717, 1.165) is 24.6 Å². The molecule has 2 aromatic carbocycles. The highest BCUT2D eigenvalue weighted by atomic mass is 32.2. The number of nitrogens with one attached hydrogen (secondary N) is 1. The first-order valence-corrected chi connectivity index (χ1v) is 12.2. The zero-order valence-electron chi connectivity index (χ0n) is 18.8. The summed E-state index contributed by atoms with van der Waals surface area (Å²) >= 11 is -1.26. The second-order valence-electron chi connectivity index (χ2n) is 8.24. The molecule has 0 bridgehead atoms. The molecular formula is C25H22F2N6OS. The van der Waals surface area contributed by atoms with Crippen LogP contribution in [0.1, 0.15) is 29.9 Å². The van der Waals surface area contributed by atoms with Gasteiger partial charge in [0.05, 0.1) is 34.6 Å². The van der Waals surface area contributed by atoms with Crippen molar-refractivity contribution < 1.29 is 13.3 Å². The van der Waals surface area contributed by atoms with Crippen molar-refractivity contribution in [3.63, 3.8) is 0 Å². The van der Waals surface area contributed by atoms with Crippen LogP contribution in [0.5, 0.6) is 0 Å². The molecule has 2 heterocycles. The minimum Gasteiger partial charge on any atom is -0.593 e. The Hall–Kier alpha value is -3.76. The normalized spacial score (nSPS) is 14.7. The second-order valence-corrected chi connectivity index (χ2v) is 9.71. The Morgan fingerprint density at radius 2 is 1.97 bits per heavy atom. The van der Waals surface area contributed by atoms with E-state index in [2.05, 4.69) is 19.8 Å². The number of benzene rings is 2. The third-order valence-electron chi connectivity index (χ3n) is 5.59. The number of aromatic nitrogens is 4. The molecule has 1 saturated carbocycles. The number of hydrogen-bond donors (Lipinski definition) is 2. The predicted molar refractivity (Wildman–Crippen MR) is 132 cm³/mol. The lowest BCUT2D eigenvalue weighted by atomic mass is 9.96. The van der Waals surface area contributed by atoms with E-state index in [4.69, 9.17) is 5.73 Å². The quantitative estimate of drug-likeness (QED) is 0.368. The maximum absolute atomic E-state index is 14.6. The van der Waals surface area contributed by atoms with Crippen LogP contribution in [0.15, 0.2) is 67.3 Å². The Morgan fingerprint density at radius 1 is 1.14 bits per heavy atom. The smallest absolute Gasteiger partial charge is 0.147 e. The van der Waals surface area contributed by atoms with Gasteiger partial charge in [0.15, 0.2) is 0 Å². The molecule has 4 aromatic rings. The molecule has 0 spiro atoms. The molecule has 7 nitrogen and oxygen atoms in total. The Balaban J connectivity index is 1.54. The minimum absolute atomic E-state index is 0.101. The molecule has 1 fully saturated rings. The molecule has 0 aliphatic heterocycles. The molecular weight excluding hydrogens is 470 g/mol. The van der Waals surface area contributed by atoms with Gasteiger partial charge in [-0.05, 0) is 60.5 Å². The monoisotopic (exact) mass is 492 g/mol. The van der Waals surface area contributed by atoms with E-state index in [9.17, 15) is 13.3 Å². The van der Waals surface area contributed by atoms with Crippen LogP contribution >= 0.6 is 0 Å². The molecule has 0 radical (unpaired) electrons. The lowest BCUT2D eigenvalue weighted by Gasteiger charge is -2.16. The van der Waals surface area contributed by atoms with E-state index >= 15 is 0 Å². The van der Waals surface area contributed by atoms with Gasteiger partial charge in [-0.1, -0.05) is 0 Å². The average Bonchev–Trinajstić information content (AvgIpc) is 3.61. The van der Waals surface area contributed by atoms with E-state index in [1.807, 2.05) is 6.07 Å². The predicted octanol–water partition coefficient (Wildman–Crippen LogP) is 4.50. The maximum atomic E-state index is 14.6. The van der Waals surface area contributed by atoms with Gasteiger partial charge in [0.25, 0.3) is 0 Å². The number of halogens is 2. The van der Waals surface area contributed by atoms with E-state index in [1.54, 1.807) is 48.4 Å². The van der Waals surface area contributed by atoms with Gasteiger partial charge in [-0.25, -0.2) is 23.2 Å². The van der Waals surface area contributed by atoms with Crippen LogP contribution in [0.2, 0.25) is 0 Å². The SMILES string of the molecule is Cc1ncn(-c2ccc(C(=CN)c3cc(N[S+]([O-])C4CC4)cc(-c4ccc(F)cc4F)c3)nc2)n1. The standard InChI is InChI=1S/C25H22F2N6OS/c1-15-30-14-33(31-15)20-3-7-25(29-13-20)23(12-28)17-8-16(22-6-2-18(26)11-24(22)27)9-19(10-17)32-35(34)21-4-5-21/h2-3,6-14,21,32H,4-5,28H2,1H3. The molecule has 0 saturated heterocycles. The lowest BCUT2D eigenvalue weighted by Crippen LogP contribution is -2.17. The Morgan fingerprint density at radius 3 is 2.60 bits per heavy atom. The summed E-state index contributed by atoms with van der Waals surface area (Å²) in [4.78, 5) is 8.65. The van der Waals surface area contributed by atoms with Crippen molar-refractivity contribution in [3.05, 3.63) is 96.0 Å². The molecule has 1 atom stereocenters. The zero-order chi connectivity index (χ0) is 24.5. The van der Waals surface area contributed by atoms with Crippen molar-refractivity contribution in [2.75, 3.05) is 4.72 Å². The number of nitrogens with zero attached hydrogens (tertiary/aromatic N) is 4. The van der Waals surface area contributed by atoms with E-state index in [-0.39, 0.29) is 10.8 Å². The number of aryl methyl sites for hydroxylation is 1. The van der Waals surface area contributed by atoms with Crippen LogP contribution in [-0.4, -0.2) is 29.6 Å². The second kappa shape index (κ2) is 9.47. The fraction of sp³-hybridized carbons (Fsp3) is 0.160. The first kappa shape index (κ1) is 23.0. The highest BCUT2D eigenvalue weighted by Gasteiger charge is 2.35. The third kappa shape index (κ3) is 5.03. The summed E-state index contributed by atoms with van der Waals surface area (Å²) in [5.41, 5.74) is 9.80. The van der Waals surface area contributed by atoms with Crippen LogP contribution in [0.25, 0.3) is 22.4 Å².